The van der Waals surface area contributed by atoms with Gasteiger partial charge in [0.15, 0.2) is 0 Å². The van der Waals surface area contributed by atoms with E-state index in [1.165, 1.54) is 6.42 Å². The van der Waals surface area contributed by atoms with Gasteiger partial charge in [0.1, 0.15) is 12.4 Å². The monoisotopic (exact) mass is 276 g/mol. The first kappa shape index (κ1) is 14.9. The van der Waals surface area contributed by atoms with Crippen LogP contribution < -0.4 is 15.8 Å². The molecule has 110 valence electrons. The molecule has 0 bridgehead atoms. The summed E-state index contributed by atoms with van der Waals surface area (Å²) >= 11 is 0. The lowest BCUT2D eigenvalue weighted by Gasteiger charge is -2.34. The summed E-state index contributed by atoms with van der Waals surface area (Å²) in [5.74, 6) is 0.921. The third kappa shape index (κ3) is 3.73. The second-order valence-electron chi connectivity index (χ2n) is 5.46. The zero-order valence-corrected chi connectivity index (χ0v) is 11.9. The molecule has 1 aromatic carbocycles. The first-order valence-electron chi connectivity index (χ1n) is 7.43. The van der Waals surface area contributed by atoms with Gasteiger partial charge in [-0.1, -0.05) is 37.5 Å². The number of rotatable bonds is 6. The van der Waals surface area contributed by atoms with Crippen molar-refractivity contribution in [3.63, 3.8) is 0 Å². The van der Waals surface area contributed by atoms with Gasteiger partial charge in [-0.05, 0) is 25.0 Å². The number of hydrogen-bond acceptors (Lipinski definition) is 3. The lowest BCUT2D eigenvalue weighted by atomic mass is 9.73. The van der Waals surface area contributed by atoms with Crippen molar-refractivity contribution in [2.75, 3.05) is 19.7 Å². The van der Waals surface area contributed by atoms with Gasteiger partial charge in [-0.3, -0.25) is 4.79 Å². The van der Waals surface area contributed by atoms with Gasteiger partial charge in [-0.15, -0.1) is 0 Å². The molecule has 0 heterocycles. The maximum Gasteiger partial charge on any atom is 0.227 e. The van der Waals surface area contributed by atoms with Crippen molar-refractivity contribution < 1.29 is 9.53 Å². The van der Waals surface area contributed by atoms with Crippen LogP contribution in [0.2, 0.25) is 0 Å². The molecule has 0 atom stereocenters. The molecular formula is C16H24N2O2. The summed E-state index contributed by atoms with van der Waals surface area (Å²) in [6.07, 6.45) is 5.24. The molecule has 2 rings (SSSR count). The highest BCUT2D eigenvalue weighted by Gasteiger charge is 2.37. The average Bonchev–Trinajstić information content (AvgIpc) is 2.53. The van der Waals surface area contributed by atoms with Crippen LogP contribution in [0.15, 0.2) is 30.3 Å². The molecule has 1 aliphatic carbocycles. The first-order chi connectivity index (χ1) is 9.77. The van der Waals surface area contributed by atoms with E-state index >= 15 is 0 Å². The second kappa shape index (κ2) is 7.29. The Labute approximate surface area is 120 Å². The zero-order valence-electron chi connectivity index (χ0n) is 11.9. The summed E-state index contributed by atoms with van der Waals surface area (Å²) < 4.78 is 5.56. The van der Waals surface area contributed by atoms with Gasteiger partial charge in [0.25, 0.3) is 0 Å². The van der Waals surface area contributed by atoms with E-state index in [9.17, 15) is 4.79 Å². The number of nitrogens with two attached hydrogens (primary N) is 1. The zero-order chi connectivity index (χ0) is 14.3. The van der Waals surface area contributed by atoms with Crippen molar-refractivity contribution >= 4 is 5.91 Å². The summed E-state index contributed by atoms with van der Waals surface area (Å²) in [5.41, 5.74) is 5.50. The summed E-state index contributed by atoms with van der Waals surface area (Å²) in [7, 11) is 0. The van der Waals surface area contributed by atoms with E-state index in [1.54, 1.807) is 0 Å². The molecule has 20 heavy (non-hydrogen) atoms. The van der Waals surface area contributed by atoms with Crippen LogP contribution in [0, 0.1) is 5.41 Å². The minimum absolute atomic E-state index is 0.0939. The Kier molecular flexibility index (Phi) is 5.41. The third-order valence-corrected chi connectivity index (χ3v) is 4.08. The van der Waals surface area contributed by atoms with Crippen LogP contribution >= 0.6 is 0 Å². The molecule has 0 saturated heterocycles. The lowest BCUT2D eigenvalue weighted by molar-refractivity contribution is -0.132. The maximum absolute atomic E-state index is 12.3. The molecule has 4 heteroatoms. The second-order valence-corrected chi connectivity index (χ2v) is 5.46. The van der Waals surface area contributed by atoms with Crippen LogP contribution in [-0.2, 0) is 4.79 Å². The lowest BCUT2D eigenvalue weighted by Crippen LogP contribution is -2.48. The van der Waals surface area contributed by atoms with E-state index < -0.39 is 0 Å². The Morgan fingerprint density at radius 1 is 1.20 bits per heavy atom. The molecule has 0 unspecified atom stereocenters. The van der Waals surface area contributed by atoms with Gasteiger partial charge < -0.3 is 15.8 Å². The predicted octanol–water partition coefficient (Wildman–Crippen LogP) is 2.09. The van der Waals surface area contributed by atoms with Crippen molar-refractivity contribution in [2.45, 2.75) is 32.1 Å². The van der Waals surface area contributed by atoms with Gasteiger partial charge >= 0.3 is 0 Å². The van der Waals surface area contributed by atoms with Crippen LogP contribution in [0.25, 0.3) is 0 Å². The fourth-order valence-electron chi connectivity index (χ4n) is 2.79. The van der Waals surface area contributed by atoms with Crippen molar-refractivity contribution in [1.29, 1.82) is 0 Å². The molecule has 1 fully saturated rings. The number of para-hydroxylation sites is 1. The number of carbonyl (C=O) groups is 1. The van der Waals surface area contributed by atoms with Crippen LogP contribution in [0.1, 0.15) is 32.1 Å². The van der Waals surface area contributed by atoms with Crippen molar-refractivity contribution in [3.8, 4) is 5.75 Å². The summed E-state index contributed by atoms with van der Waals surface area (Å²) in [6.45, 7) is 1.45. The Morgan fingerprint density at radius 2 is 1.90 bits per heavy atom. The van der Waals surface area contributed by atoms with Crippen molar-refractivity contribution in [3.05, 3.63) is 30.3 Å². The number of carbonyl (C=O) groups excluding carboxylic acids is 1. The third-order valence-electron chi connectivity index (χ3n) is 4.08. The van der Waals surface area contributed by atoms with E-state index in [2.05, 4.69) is 5.32 Å². The smallest absolute Gasteiger partial charge is 0.227 e. The standard InChI is InChI=1S/C16H24N2O2/c17-13-16(9-5-2-6-10-16)15(19)18-11-12-20-14-7-3-1-4-8-14/h1,3-4,7-8H,2,5-6,9-13,17H2,(H,18,19). The van der Waals surface area contributed by atoms with Crippen molar-refractivity contribution in [1.82, 2.24) is 5.32 Å². The van der Waals surface area contributed by atoms with Crippen molar-refractivity contribution in [2.24, 2.45) is 11.1 Å². The van der Waals surface area contributed by atoms with Crippen LogP contribution in [-0.4, -0.2) is 25.6 Å². The van der Waals surface area contributed by atoms with Gasteiger partial charge in [0.2, 0.25) is 5.91 Å². The number of nitrogens with one attached hydrogen (secondary N) is 1. The normalized spacial score (nSPS) is 17.4. The molecule has 4 nitrogen and oxygen atoms in total. The molecule has 1 saturated carbocycles. The minimum Gasteiger partial charge on any atom is -0.492 e. The number of amides is 1. The Hall–Kier alpha value is -1.55. The molecule has 0 aromatic heterocycles. The number of benzene rings is 1. The molecule has 0 spiro atoms. The van der Waals surface area contributed by atoms with E-state index in [-0.39, 0.29) is 11.3 Å². The molecule has 3 N–H and O–H groups in total. The molecule has 0 aliphatic heterocycles. The van der Waals surface area contributed by atoms with Gasteiger partial charge in [-0.2, -0.15) is 0 Å². The Bertz CT molecular complexity index is 414. The van der Waals surface area contributed by atoms with E-state index in [0.29, 0.717) is 19.7 Å². The van der Waals surface area contributed by atoms with Crippen LogP contribution in [0.5, 0.6) is 5.75 Å². The number of hydrogen-bond donors (Lipinski definition) is 2. The number of ether oxygens (including phenoxy) is 1. The largest absolute Gasteiger partial charge is 0.492 e. The van der Waals surface area contributed by atoms with Gasteiger partial charge in [0.05, 0.1) is 12.0 Å². The predicted molar refractivity (Wildman–Crippen MR) is 79.5 cm³/mol. The fraction of sp³-hybridized carbons (Fsp3) is 0.562. The van der Waals surface area contributed by atoms with Crippen LogP contribution in [0.4, 0.5) is 0 Å². The quantitative estimate of drug-likeness (QED) is 0.782. The van der Waals surface area contributed by atoms with Gasteiger partial charge in [-0.25, -0.2) is 0 Å². The SMILES string of the molecule is NCC1(C(=O)NCCOc2ccccc2)CCCCC1. The molecule has 1 amide bonds. The van der Waals surface area contributed by atoms with E-state index in [4.69, 9.17) is 10.5 Å². The molecule has 1 aliphatic rings. The first-order valence-corrected chi connectivity index (χ1v) is 7.43. The summed E-state index contributed by atoms with van der Waals surface area (Å²) in [4.78, 5) is 12.3. The van der Waals surface area contributed by atoms with Gasteiger partial charge in [0, 0.05) is 6.54 Å². The highest BCUT2D eigenvalue weighted by molar-refractivity contribution is 5.83. The highest BCUT2D eigenvalue weighted by Crippen LogP contribution is 2.35. The molecule has 1 aromatic rings. The average molecular weight is 276 g/mol. The highest BCUT2D eigenvalue weighted by atomic mass is 16.5. The fourth-order valence-corrected chi connectivity index (χ4v) is 2.79. The Morgan fingerprint density at radius 3 is 2.55 bits per heavy atom. The van der Waals surface area contributed by atoms with Crippen LogP contribution in [0.3, 0.4) is 0 Å². The van der Waals surface area contributed by atoms with E-state index in [0.717, 1.165) is 31.4 Å². The Balaban J connectivity index is 1.74. The van der Waals surface area contributed by atoms with E-state index in [1.807, 2.05) is 30.3 Å². The summed E-state index contributed by atoms with van der Waals surface area (Å²) in [5, 5.41) is 2.97. The maximum atomic E-state index is 12.3. The summed E-state index contributed by atoms with van der Waals surface area (Å²) in [6, 6.07) is 9.62. The topological polar surface area (TPSA) is 64.4 Å². The minimum atomic E-state index is -0.342. The molecule has 0 radical (unpaired) electrons. The molecular weight excluding hydrogens is 252 g/mol.